The van der Waals surface area contributed by atoms with Gasteiger partial charge in [0.05, 0.1) is 0 Å². The van der Waals surface area contributed by atoms with Crippen molar-refractivity contribution in [3.05, 3.63) is 0 Å². The number of hydrogen-bond donors (Lipinski definition) is 2. The number of carboxylic acid groups (broad SMARTS) is 1. The Kier molecular flexibility index (Phi) is 4.60. The Morgan fingerprint density at radius 3 is 2.14 bits per heavy atom. The van der Waals surface area contributed by atoms with Crippen LogP contribution in [0, 0.1) is 11.3 Å². The monoisotopic (exact) mass is 201 g/mol. The molecule has 0 saturated carbocycles. The van der Waals surface area contributed by atoms with E-state index in [0.717, 1.165) is 6.42 Å². The molecule has 1 amide bonds. The summed E-state index contributed by atoms with van der Waals surface area (Å²) in [5.41, 5.74) is -0.552. The molecule has 0 fully saturated rings. The lowest BCUT2D eigenvalue weighted by Crippen LogP contribution is -2.42. The molecule has 0 aliphatic rings. The van der Waals surface area contributed by atoms with Gasteiger partial charge >= 0.3 is 5.97 Å². The van der Waals surface area contributed by atoms with Crippen LogP contribution in [-0.4, -0.2) is 23.5 Å². The number of amides is 1. The van der Waals surface area contributed by atoms with Crippen LogP contribution in [0.5, 0.6) is 0 Å². The van der Waals surface area contributed by atoms with E-state index in [-0.39, 0.29) is 0 Å². The summed E-state index contributed by atoms with van der Waals surface area (Å²) < 4.78 is 0. The van der Waals surface area contributed by atoms with E-state index >= 15 is 0 Å². The highest BCUT2D eigenvalue weighted by Crippen LogP contribution is 2.26. The summed E-state index contributed by atoms with van der Waals surface area (Å²) in [7, 11) is 0. The smallest absolute Gasteiger partial charge is 0.316 e. The molecule has 82 valence electrons. The van der Waals surface area contributed by atoms with Gasteiger partial charge in [0.15, 0.2) is 0 Å². The molecule has 0 saturated heterocycles. The second-order valence-corrected chi connectivity index (χ2v) is 4.43. The minimum atomic E-state index is -1.06. The van der Waals surface area contributed by atoms with Gasteiger partial charge in [-0.15, -0.1) is 0 Å². The number of hydrogen-bond acceptors (Lipinski definition) is 2. The topological polar surface area (TPSA) is 66.4 Å². The molecule has 0 radical (unpaired) electrons. The molecule has 0 bridgehead atoms. The summed E-state index contributed by atoms with van der Waals surface area (Å²) in [5, 5.41) is 11.5. The average molecular weight is 201 g/mol. The van der Waals surface area contributed by atoms with Crippen LogP contribution < -0.4 is 5.32 Å². The number of rotatable bonds is 4. The summed E-state index contributed by atoms with van der Waals surface area (Å²) in [6.45, 7) is 7.69. The van der Waals surface area contributed by atoms with Crippen LogP contribution in [-0.2, 0) is 9.59 Å². The second kappa shape index (κ2) is 4.98. The number of carbonyl (C=O) groups is 2. The van der Waals surface area contributed by atoms with Gasteiger partial charge in [0.25, 0.3) is 0 Å². The molecule has 0 aromatic heterocycles. The van der Waals surface area contributed by atoms with Crippen molar-refractivity contribution < 1.29 is 14.7 Å². The van der Waals surface area contributed by atoms with Crippen molar-refractivity contribution in [3.8, 4) is 0 Å². The van der Waals surface area contributed by atoms with Gasteiger partial charge in [0.2, 0.25) is 5.91 Å². The molecule has 0 heterocycles. The first kappa shape index (κ1) is 12.9. The second-order valence-electron chi connectivity index (χ2n) is 4.43. The van der Waals surface area contributed by atoms with Crippen LogP contribution in [0.15, 0.2) is 0 Å². The maximum absolute atomic E-state index is 11.5. The highest BCUT2D eigenvalue weighted by atomic mass is 16.4. The minimum Gasteiger partial charge on any atom is -0.481 e. The molecule has 4 nitrogen and oxygen atoms in total. The quantitative estimate of drug-likeness (QED) is 0.673. The Labute approximate surface area is 84.7 Å². The van der Waals surface area contributed by atoms with Gasteiger partial charge in [0, 0.05) is 6.54 Å². The van der Waals surface area contributed by atoms with Crippen LogP contribution in [0.4, 0.5) is 0 Å². The molecule has 1 atom stereocenters. The van der Waals surface area contributed by atoms with Gasteiger partial charge in [0.1, 0.15) is 5.92 Å². The molecule has 14 heavy (non-hydrogen) atoms. The van der Waals surface area contributed by atoms with Gasteiger partial charge in [-0.3, -0.25) is 9.59 Å². The van der Waals surface area contributed by atoms with E-state index in [9.17, 15) is 9.59 Å². The van der Waals surface area contributed by atoms with Crippen molar-refractivity contribution in [2.45, 2.75) is 34.1 Å². The van der Waals surface area contributed by atoms with Crippen molar-refractivity contribution in [1.29, 1.82) is 0 Å². The van der Waals surface area contributed by atoms with Crippen molar-refractivity contribution in [1.82, 2.24) is 5.32 Å². The summed E-state index contributed by atoms with van der Waals surface area (Å²) in [6.07, 6.45) is 0.808. The maximum atomic E-state index is 11.5. The molecule has 2 N–H and O–H groups in total. The lowest BCUT2D eigenvalue weighted by Gasteiger charge is -2.25. The van der Waals surface area contributed by atoms with Gasteiger partial charge < -0.3 is 10.4 Å². The third-order valence-corrected chi connectivity index (χ3v) is 1.92. The maximum Gasteiger partial charge on any atom is 0.316 e. The fourth-order valence-corrected chi connectivity index (χ4v) is 1.23. The minimum absolute atomic E-state index is 0.396. The zero-order valence-electron chi connectivity index (χ0n) is 9.26. The normalized spacial score (nSPS) is 13.4. The first-order valence-electron chi connectivity index (χ1n) is 4.81. The Balaban J connectivity index is 4.51. The molecule has 0 aromatic rings. The van der Waals surface area contributed by atoms with Crippen molar-refractivity contribution >= 4 is 11.9 Å². The first-order valence-corrected chi connectivity index (χ1v) is 4.81. The summed E-state index contributed by atoms with van der Waals surface area (Å²) >= 11 is 0. The molecular weight excluding hydrogens is 182 g/mol. The van der Waals surface area contributed by atoms with Crippen LogP contribution in [0.1, 0.15) is 34.1 Å². The Morgan fingerprint density at radius 2 is 1.86 bits per heavy atom. The molecule has 4 heteroatoms. The van der Waals surface area contributed by atoms with E-state index in [4.69, 9.17) is 5.11 Å². The van der Waals surface area contributed by atoms with Crippen LogP contribution >= 0.6 is 0 Å². The Morgan fingerprint density at radius 1 is 1.36 bits per heavy atom. The Bertz CT molecular complexity index is 218. The number of carbonyl (C=O) groups excluding carboxylic acids is 1. The lowest BCUT2D eigenvalue weighted by molar-refractivity contribution is -0.151. The predicted octanol–water partition coefficient (Wildman–Crippen LogP) is 1.26. The zero-order valence-corrected chi connectivity index (χ0v) is 9.26. The summed E-state index contributed by atoms with van der Waals surface area (Å²) in [6, 6.07) is 0. The van der Waals surface area contributed by atoms with E-state index in [1.165, 1.54) is 0 Å². The lowest BCUT2D eigenvalue weighted by atomic mass is 9.80. The number of nitrogens with one attached hydrogen (secondary N) is 1. The Hall–Kier alpha value is -1.06. The molecule has 0 rings (SSSR count). The molecule has 0 aliphatic heterocycles. The van der Waals surface area contributed by atoms with Crippen LogP contribution in [0.25, 0.3) is 0 Å². The SMILES string of the molecule is CCCNC(=O)C(C(=O)O)C(C)(C)C. The third-order valence-electron chi connectivity index (χ3n) is 1.92. The van der Waals surface area contributed by atoms with E-state index in [1.54, 1.807) is 20.8 Å². The molecule has 0 aromatic carbocycles. The van der Waals surface area contributed by atoms with E-state index < -0.39 is 23.2 Å². The zero-order chi connectivity index (χ0) is 11.4. The van der Waals surface area contributed by atoms with E-state index in [2.05, 4.69) is 5.32 Å². The first-order chi connectivity index (χ1) is 6.30. The highest BCUT2D eigenvalue weighted by molar-refractivity contribution is 5.97. The molecular formula is C10H19NO3. The van der Waals surface area contributed by atoms with E-state index in [0.29, 0.717) is 6.54 Å². The van der Waals surface area contributed by atoms with Crippen molar-refractivity contribution in [3.63, 3.8) is 0 Å². The third kappa shape index (κ3) is 3.77. The molecule has 0 spiro atoms. The van der Waals surface area contributed by atoms with Crippen LogP contribution in [0.3, 0.4) is 0 Å². The van der Waals surface area contributed by atoms with Gasteiger partial charge in [-0.25, -0.2) is 0 Å². The van der Waals surface area contributed by atoms with Gasteiger partial charge in [-0.05, 0) is 11.8 Å². The van der Waals surface area contributed by atoms with Gasteiger partial charge in [-0.1, -0.05) is 27.7 Å². The number of carboxylic acids is 1. The number of aliphatic carboxylic acids is 1. The fraction of sp³-hybridized carbons (Fsp3) is 0.800. The molecule has 1 unspecified atom stereocenters. The fourth-order valence-electron chi connectivity index (χ4n) is 1.23. The predicted molar refractivity (Wildman–Crippen MR) is 53.9 cm³/mol. The van der Waals surface area contributed by atoms with Gasteiger partial charge in [-0.2, -0.15) is 0 Å². The van der Waals surface area contributed by atoms with Crippen molar-refractivity contribution in [2.75, 3.05) is 6.54 Å². The highest BCUT2D eigenvalue weighted by Gasteiger charge is 2.37. The average Bonchev–Trinajstić information content (AvgIpc) is 1.97. The summed E-state index contributed by atoms with van der Waals surface area (Å²) in [4.78, 5) is 22.4. The largest absolute Gasteiger partial charge is 0.481 e. The standard InChI is InChI=1S/C10H19NO3/c1-5-6-11-8(12)7(9(13)14)10(2,3)4/h7H,5-6H2,1-4H3,(H,11,12)(H,13,14). The summed E-state index contributed by atoms with van der Waals surface area (Å²) in [5.74, 6) is -2.44. The van der Waals surface area contributed by atoms with Crippen LogP contribution in [0.2, 0.25) is 0 Å². The van der Waals surface area contributed by atoms with E-state index in [1.807, 2.05) is 6.92 Å². The molecule has 0 aliphatic carbocycles. The van der Waals surface area contributed by atoms with Crippen molar-refractivity contribution in [2.24, 2.45) is 11.3 Å².